The molecule has 0 amide bonds. The van der Waals surface area contributed by atoms with Crippen LogP contribution < -0.4 is 10.6 Å². The second-order valence-electron chi connectivity index (χ2n) is 6.65. The first kappa shape index (κ1) is 15.3. The largest absolute Gasteiger partial charge is 0.346 e. The van der Waals surface area contributed by atoms with Crippen LogP contribution in [-0.4, -0.2) is 42.1 Å². The number of likely N-dealkylation sites (tertiary alicyclic amines) is 1. The highest BCUT2D eigenvalue weighted by molar-refractivity contribution is 7.15. The first-order valence-electron chi connectivity index (χ1n) is 8.37. The van der Waals surface area contributed by atoms with Crippen molar-refractivity contribution < 1.29 is 0 Å². The molecule has 0 saturated carbocycles. The van der Waals surface area contributed by atoms with Gasteiger partial charge in [0.25, 0.3) is 0 Å². The Labute approximate surface area is 132 Å². The van der Waals surface area contributed by atoms with E-state index in [4.69, 9.17) is 10.7 Å². The van der Waals surface area contributed by atoms with Crippen LogP contribution in [-0.2, 0) is 6.54 Å². The summed E-state index contributed by atoms with van der Waals surface area (Å²) in [5, 5.41) is 1.19. The molecule has 2 saturated heterocycles. The number of nitrogens with zero attached hydrogens (tertiary/aromatic N) is 3. The van der Waals surface area contributed by atoms with E-state index in [1.165, 1.54) is 54.5 Å². The number of hydrogen-bond donors (Lipinski definition) is 1. The molecule has 2 fully saturated rings. The molecule has 1 unspecified atom stereocenters. The minimum atomic E-state index is 0.467. The van der Waals surface area contributed by atoms with E-state index < -0.39 is 0 Å². The van der Waals surface area contributed by atoms with Crippen molar-refractivity contribution in [1.82, 2.24) is 9.88 Å². The Kier molecular flexibility index (Phi) is 4.82. The van der Waals surface area contributed by atoms with Gasteiger partial charge in [-0.1, -0.05) is 20.3 Å². The van der Waals surface area contributed by atoms with E-state index in [9.17, 15) is 0 Å². The molecule has 2 aliphatic heterocycles. The number of hydrogen-bond acceptors (Lipinski definition) is 5. The third kappa shape index (κ3) is 3.25. The Bertz CT molecular complexity index is 465. The summed E-state index contributed by atoms with van der Waals surface area (Å²) in [4.78, 5) is 11.3. The molecule has 5 heteroatoms. The van der Waals surface area contributed by atoms with Gasteiger partial charge in [-0.3, -0.25) is 4.90 Å². The Morgan fingerprint density at radius 1 is 1.24 bits per heavy atom. The standard InChI is InChI=1S/C16H28N4S/c1-12(2)15-14(10-17)21-16(18-15)20-9-6-13(11-20)19-7-4-3-5-8-19/h12-13H,3-11,17H2,1-2H3. The van der Waals surface area contributed by atoms with Gasteiger partial charge in [0.05, 0.1) is 5.69 Å². The lowest BCUT2D eigenvalue weighted by Gasteiger charge is -2.32. The van der Waals surface area contributed by atoms with Crippen molar-refractivity contribution in [2.45, 2.75) is 58.0 Å². The number of nitrogens with two attached hydrogens (primary N) is 1. The number of anilines is 1. The predicted molar refractivity (Wildman–Crippen MR) is 90.1 cm³/mol. The van der Waals surface area contributed by atoms with Crippen LogP contribution >= 0.6 is 11.3 Å². The van der Waals surface area contributed by atoms with E-state index in [0.717, 1.165) is 19.1 Å². The molecule has 1 aromatic heterocycles. The predicted octanol–water partition coefficient (Wildman–Crippen LogP) is 2.79. The molecule has 4 nitrogen and oxygen atoms in total. The van der Waals surface area contributed by atoms with Gasteiger partial charge in [-0.05, 0) is 38.3 Å². The molecular formula is C16H28N4S. The second-order valence-corrected chi connectivity index (χ2v) is 7.71. The average molecular weight is 308 g/mol. The molecule has 21 heavy (non-hydrogen) atoms. The summed E-state index contributed by atoms with van der Waals surface area (Å²) in [6.45, 7) is 9.92. The number of rotatable bonds is 4. The van der Waals surface area contributed by atoms with Gasteiger partial charge < -0.3 is 10.6 Å². The van der Waals surface area contributed by atoms with Gasteiger partial charge in [0.1, 0.15) is 0 Å². The highest BCUT2D eigenvalue weighted by atomic mass is 32.1. The van der Waals surface area contributed by atoms with E-state index in [2.05, 4.69) is 23.6 Å². The van der Waals surface area contributed by atoms with Crippen molar-refractivity contribution in [1.29, 1.82) is 0 Å². The van der Waals surface area contributed by atoms with Gasteiger partial charge in [0.2, 0.25) is 0 Å². The van der Waals surface area contributed by atoms with Gasteiger partial charge in [0.15, 0.2) is 5.13 Å². The van der Waals surface area contributed by atoms with Crippen LogP contribution in [0.5, 0.6) is 0 Å². The zero-order valence-corrected chi connectivity index (χ0v) is 14.2. The van der Waals surface area contributed by atoms with E-state index in [1.54, 1.807) is 11.3 Å². The minimum absolute atomic E-state index is 0.467. The zero-order chi connectivity index (χ0) is 14.8. The molecule has 2 N–H and O–H groups in total. The first-order chi connectivity index (χ1) is 10.2. The summed E-state index contributed by atoms with van der Waals surface area (Å²) in [6, 6.07) is 0.734. The molecule has 0 spiro atoms. The monoisotopic (exact) mass is 308 g/mol. The van der Waals surface area contributed by atoms with Gasteiger partial charge in [0, 0.05) is 30.6 Å². The van der Waals surface area contributed by atoms with Crippen LogP contribution in [0.15, 0.2) is 0 Å². The highest BCUT2D eigenvalue weighted by Crippen LogP contribution is 2.33. The summed E-state index contributed by atoms with van der Waals surface area (Å²) >= 11 is 1.81. The van der Waals surface area contributed by atoms with Gasteiger partial charge in [-0.25, -0.2) is 4.98 Å². The fourth-order valence-electron chi connectivity index (χ4n) is 3.58. The lowest BCUT2D eigenvalue weighted by Crippen LogP contribution is -2.40. The zero-order valence-electron chi connectivity index (χ0n) is 13.3. The van der Waals surface area contributed by atoms with Crippen molar-refractivity contribution in [3.63, 3.8) is 0 Å². The molecule has 1 atom stereocenters. The molecule has 0 bridgehead atoms. The maximum Gasteiger partial charge on any atom is 0.185 e. The molecule has 0 aliphatic carbocycles. The maximum atomic E-state index is 5.89. The topological polar surface area (TPSA) is 45.4 Å². The van der Waals surface area contributed by atoms with E-state index in [1.807, 2.05) is 0 Å². The van der Waals surface area contributed by atoms with Crippen LogP contribution in [0, 0.1) is 0 Å². The maximum absolute atomic E-state index is 5.89. The number of aromatic nitrogens is 1. The van der Waals surface area contributed by atoms with Crippen LogP contribution in [0.4, 0.5) is 5.13 Å². The van der Waals surface area contributed by atoms with Crippen molar-refractivity contribution in [2.24, 2.45) is 5.73 Å². The molecule has 3 heterocycles. The Morgan fingerprint density at radius 2 is 2.00 bits per heavy atom. The summed E-state index contributed by atoms with van der Waals surface area (Å²) in [6.07, 6.45) is 5.46. The van der Waals surface area contributed by atoms with Gasteiger partial charge in [-0.2, -0.15) is 0 Å². The number of piperidine rings is 1. The highest BCUT2D eigenvalue weighted by Gasteiger charge is 2.30. The van der Waals surface area contributed by atoms with Crippen molar-refractivity contribution in [3.8, 4) is 0 Å². The van der Waals surface area contributed by atoms with Crippen LogP contribution in [0.25, 0.3) is 0 Å². The van der Waals surface area contributed by atoms with E-state index >= 15 is 0 Å². The van der Waals surface area contributed by atoms with Crippen LogP contribution in [0.3, 0.4) is 0 Å². The van der Waals surface area contributed by atoms with Crippen LogP contribution in [0.1, 0.15) is 56.0 Å². The van der Waals surface area contributed by atoms with E-state index in [0.29, 0.717) is 12.5 Å². The third-order valence-corrected chi connectivity index (χ3v) is 5.94. The molecule has 2 aliphatic rings. The van der Waals surface area contributed by atoms with E-state index in [-0.39, 0.29) is 0 Å². The molecule has 0 aromatic carbocycles. The van der Waals surface area contributed by atoms with Crippen molar-refractivity contribution in [2.75, 3.05) is 31.1 Å². The summed E-state index contributed by atoms with van der Waals surface area (Å²) in [7, 11) is 0. The molecule has 3 rings (SSSR count). The van der Waals surface area contributed by atoms with Crippen molar-refractivity contribution >= 4 is 16.5 Å². The Balaban J connectivity index is 1.68. The summed E-state index contributed by atoms with van der Waals surface area (Å²) in [5.41, 5.74) is 7.10. The lowest BCUT2D eigenvalue weighted by molar-refractivity contribution is 0.175. The Morgan fingerprint density at radius 3 is 2.62 bits per heavy atom. The van der Waals surface area contributed by atoms with Gasteiger partial charge in [-0.15, -0.1) is 11.3 Å². The first-order valence-corrected chi connectivity index (χ1v) is 9.19. The molecule has 118 valence electrons. The fraction of sp³-hybridized carbons (Fsp3) is 0.812. The summed E-state index contributed by atoms with van der Waals surface area (Å²) < 4.78 is 0. The van der Waals surface area contributed by atoms with Gasteiger partial charge >= 0.3 is 0 Å². The minimum Gasteiger partial charge on any atom is -0.346 e. The third-order valence-electron chi connectivity index (χ3n) is 4.79. The number of thiazole rings is 1. The smallest absolute Gasteiger partial charge is 0.185 e. The van der Waals surface area contributed by atoms with Crippen LogP contribution in [0.2, 0.25) is 0 Å². The quantitative estimate of drug-likeness (QED) is 0.929. The normalized spacial score (nSPS) is 24.2. The Hall–Kier alpha value is -0.650. The molecular weight excluding hydrogens is 280 g/mol. The SMILES string of the molecule is CC(C)c1nc(N2CCC(N3CCCCC3)C2)sc1CN. The average Bonchev–Trinajstić information content (AvgIpc) is 3.14. The fourth-order valence-corrected chi connectivity index (χ4v) is 4.71. The second kappa shape index (κ2) is 6.63. The van der Waals surface area contributed by atoms with Crippen molar-refractivity contribution in [3.05, 3.63) is 10.6 Å². The lowest BCUT2D eigenvalue weighted by atomic mass is 10.1. The summed E-state index contributed by atoms with van der Waals surface area (Å²) in [5.74, 6) is 0.467. The molecule has 1 aromatic rings. The molecule has 0 radical (unpaired) electrons.